The van der Waals surface area contributed by atoms with E-state index >= 15 is 0 Å². The number of amides is 3. The summed E-state index contributed by atoms with van der Waals surface area (Å²) < 4.78 is 13.3. The molecule has 0 aliphatic heterocycles. The third-order valence-electron chi connectivity index (χ3n) is 6.77. The van der Waals surface area contributed by atoms with Crippen LogP contribution in [-0.4, -0.2) is 24.0 Å². The predicted octanol–water partition coefficient (Wildman–Crippen LogP) is 3.41. The number of halogens is 1. The van der Waals surface area contributed by atoms with Gasteiger partial charge in [0.1, 0.15) is 5.82 Å². The summed E-state index contributed by atoms with van der Waals surface area (Å²) in [4.78, 5) is 24.4. The van der Waals surface area contributed by atoms with Crippen LogP contribution in [0, 0.1) is 30.5 Å². The molecule has 3 amide bonds. The minimum Gasteiger partial charge on any atom is -0.352 e. The molecule has 5 nitrogen and oxygen atoms in total. The number of nitrogens with one attached hydrogen (secondary N) is 3. The van der Waals surface area contributed by atoms with Crippen molar-refractivity contribution in [3.8, 4) is 0 Å². The van der Waals surface area contributed by atoms with E-state index in [-0.39, 0.29) is 29.7 Å². The molecular formula is C22H30FN3O2. The molecule has 4 aliphatic rings. The van der Waals surface area contributed by atoms with Crippen LogP contribution in [0.15, 0.2) is 18.2 Å². The molecule has 0 unspecified atom stereocenters. The Morgan fingerprint density at radius 3 is 2.32 bits per heavy atom. The van der Waals surface area contributed by atoms with Crippen molar-refractivity contribution in [2.24, 2.45) is 17.8 Å². The zero-order valence-corrected chi connectivity index (χ0v) is 16.5. The van der Waals surface area contributed by atoms with E-state index in [2.05, 4.69) is 16.0 Å². The van der Waals surface area contributed by atoms with Crippen LogP contribution in [0.3, 0.4) is 0 Å². The first kappa shape index (κ1) is 19.2. The summed E-state index contributed by atoms with van der Waals surface area (Å²) in [5.41, 5.74) is 1.41. The molecule has 1 aromatic rings. The van der Waals surface area contributed by atoms with E-state index in [0.29, 0.717) is 18.7 Å². The molecule has 0 heterocycles. The van der Waals surface area contributed by atoms with Crippen molar-refractivity contribution >= 4 is 11.9 Å². The lowest BCUT2D eigenvalue weighted by Gasteiger charge is -2.56. The van der Waals surface area contributed by atoms with Crippen LogP contribution in [0.5, 0.6) is 0 Å². The first-order valence-electron chi connectivity index (χ1n) is 10.5. The standard InChI is InChI=1S/C22H30FN3O2/c1-14-6-15(2-3-19(14)23)13-25-20(27)4-5-24-21(28)26-22-10-16-7-17(11-22)9-18(8-16)12-22/h2-3,6,16-18H,4-5,7-13H2,1H3,(H,25,27)(H2,24,26,28). The fourth-order valence-electron chi connectivity index (χ4n) is 5.94. The van der Waals surface area contributed by atoms with E-state index in [0.717, 1.165) is 42.6 Å². The Morgan fingerprint density at radius 1 is 1.07 bits per heavy atom. The minimum atomic E-state index is -0.246. The topological polar surface area (TPSA) is 70.2 Å². The molecule has 4 fully saturated rings. The first-order valence-corrected chi connectivity index (χ1v) is 10.5. The Balaban J connectivity index is 1.17. The summed E-state index contributed by atoms with van der Waals surface area (Å²) in [5.74, 6) is 1.98. The highest BCUT2D eigenvalue weighted by molar-refractivity contribution is 5.78. The van der Waals surface area contributed by atoms with E-state index in [1.54, 1.807) is 19.1 Å². The van der Waals surface area contributed by atoms with E-state index in [4.69, 9.17) is 0 Å². The van der Waals surface area contributed by atoms with Gasteiger partial charge in [-0.15, -0.1) is 0 Å². The van der Waals surface area contributed by atoms with Crippen LogP contribution in [0.1, 0.15) is 56.1 Å². The second-order valence-corrected chi connectivity index (χ2v) is 9.19. The minimum absolute atomic E-state index is 0.0124. The van der Waals surface area contributed by atoms with Crippen LogP contribution in [0.2, 0.25) is 0 Å². The van der Waals surface area contributed by atoms with Gasteiger partial charge in [0.15, 0.2) is 0 Å². The average molecular weight is 387 g/mol. The van der Waals surface area contributed by atoms with Crippen molar-refractivity contribution in [2.45, 2.75) is 64.0 Å². The van der Waals surface area contributed by atoms with E-state index < -0.39 is 0 Å². The molecule has 0 atom stereocenters. The van der Waals surface area contributed by atoms with Gasteiger partial charge in [-0.1, -0.05) is 12.1 Å². The molecule has 3 N–H and O–H groups in total. The van der Waals surface area contributed by atoms with Gasteiger partial charge in [-0.3, -0.25) is 4.79 Å². The number of urea groups is 1. The zero-order valence-electron chi connectivity index (χ0n) is 16.5. The van der Waals surface area contributed by atoms with Crippen LogP contribution in [-0.2, 0) is 11.3 Å². The summed E-state index contributed by atoms with van der Waals surface area (Å²) in [6, 6.07) is 4.66. The van der Waals surface area contributed by atoms with Gasteiger partial charge in [0, 0.05) is 25.0 Å². The van der Waals surface area contributed by atoms with Crippen LogP contribution in [0.25, 0.3) is 0 Å². The monoisotopic (exact) mass is 387 g/mol. The second-order valence-electron chi connectivity index (χ2n) is 9.19. The van der Waals surface area contributed by atoms with Gasteiger partial charge in [-0.2, -0.15) is 0 Å². The molecule has 28 heavy (non-hydrogen) atoms. The third-order valence-corrected chi connectivity index (χ3v) is 6.77. The van der Waals surface area contributed by atoms with E-state index in [1.165, 1.54) is 25.3 Å². The summed E-state index contributed by atoms with van der Waals surface area (Å²) >= 11 is 0. The molecule has 4 bridgehead atoms. The molecule has 0 saturated heterocycles. The highest BCUT2D eigenvalue weighted by Gasteiger charge is 2.51. The molecule has 152 valence electrons. The lowest BCUT2D eigenvalue weighted by Crippen LogP contribution is -2.61. The van der Waals surface area contributed by atoms with E-state index in [1.807, 2.05) is 0 Å². The quantitative estimate of drug-likeness (QED) is 0.700. The van der Waals surface area contributed by atoms with Crippen LogP contribution >= 0.6 is 0 Å². The number of hydrogen-bond acceptors (Lipinski definition) is 2. The number of hydrogen-bond donors (Lipinski definition) is 3. The number of benzene rings is 1. The number of rotatable bonds is 6. The molecule has 0 radical (unpaired) electrons. The molecular weight excluding hydrogens is 357 g/mol. The summed E-state index contributed by atoms with van der Waals surface area (Å²) in [6.07, 6.45) is 7.61. The van der Waals surface area contributed by atoms with Gasteiger partial charge in [0.05, 0.1) is 0 Å². The smallest absolute Gasteiger partial charge is 0.315 e. The van der Waals surface area contributed by atoms with Crippen molar-refractivity contribution in [3.05, 3.63) is 35.1 Å². The van der Waals surface area contributed by atoms with Gasteiger partial charge in [-0.25, -0.2) is 9.18 Å². The van der Waals surface area contributed by atoms with Gasteiger partial charge < -0.3 is 16.0 Å². The first-order chi connectivity index (χ1) is 13.4. The highest BCUT2D eigenvalue weighted by Crippen LogP contribution is 2.55. The van der Waals surface area contributed by atoms with Crippen LogP contribution < -0.4 is 16.0 Å². The van der Waals surface area contributed by atoms with Crippen LogP contribution in [0.4, 0.5) is 9.18 Å². The Hall–Kier alpha value is -2.11. The van der Waals surface area contributed by atoms with Gasteiger partial charge >= 0.3 is 6.03 Å². The molecule has 4 aliphatic carbocycles. The molecule has 0 spiro atoms. The maximum absolute atomic E-state index is 13.3. The normalized spacial score (nSPS) is 30.1. The summed E-state index contributed by atoms with van der Waals surface area (Å²) in [5, 5.41) is 8.91. The maximum atomic E-state index is 13.3. The largest absolute Gasteiger partial charge is 0.352 e. The number of carbonyl (C=O) groups excluding carboxylic acids is 2. The van der Waals surface area contributed by atoms with Crippen molar-refractivity contribution in [1.82, 2.24) is 16.0 Å². The Labute approximate surface area is 165 Å². The number of carbonyl (C=O) groups is 2. The SMILES string of the molecule is Cc1cc(CNC(=O)CCNC(=O)NC23CC4CC(CC(C4)C2)C3)ccc1F. The zero-order chi connectivity index (χ0) is 19.7. The third kappa shape index (κ3) is 4.31. The predicted molar refractivity (Wildman–Crippen MR) is 105 cm³/mol. The fourth-order valence-corrected chi connectivity index (χ4v) is 5.94. The molecule has 5 rings (SSSR count). The Morgan fingerprint density at radius 2 is 1.71 bits per heavy atom. The van der Waals surface area contributed by atoms with Crippen molar-refractivity contribution in [2.75, 3.05) is 6.54 Å². The van der Waals surface area contributed by atoms with Crippen molar-refractivity contribution < 1.29 is 14.0 Å². The van der Waals surface area contributed by atoms with Crippen molar-refractivity contribution in [3.63, 3.8) is 0 Å². The Bertz CT molecular complexity index is 729. The van der Waals surface area contributed by atoms with Gasteiger partial charge in [0.25, 0.3) is 0 Å². The lowest BCUT2D eigenvalue weighted by atomic mass is 9.53. The second kappa shape index (κ2) is 7.72. The molecule has 4 saturated carbocycles. The van der Waals surface area contributed by atoms with E-state index in [9.17, 15) is 14.0 Å². The maximum Gasteiger partial charge on any atom is 0.315 e. The van der Waals surface area contributed by atoms with Crippen molar-refractivity contribution in [1.29, 1.82) is 0 Å². The highest BCUT2D eigenvalue weighted by atomic mass is 19.1. The fraction of sp³-hybridized carbons (Fsp3) is 0.636. The molecule has 0 aromatic heterocycles. The Kier molecular flexibility index (Phi) is 5.30. The van der Waals surface area contributed by atoms with Gasteiger partial charge in [-0.05, 0) is 80.4 Å². The summed E-state index contributed by atoms with van der Waals surface area (Å²) in [6.45, 7) is 2.37. The van der Waals surface area contributed by atoms with Gasteiger partial charge in [0.2, 0.25) is 5.91 Å². The lowest BCUT2D eigenvalue weighted by molar-refractivity contribution is -0.121. The average Bonchev–Trinajstić information content (AvgIpc) is 2.61. The summed E-state index contributed by atoms with van der Waals surface area (Å²) in [7, 11) is 0. The molecule has 6 heteroatoms. The molecule has 1 aromatic carbocycles. The number of aryl methyl sites for hydroxylation is 1.